The molecule has 0 spiro atoms. The second-order valence-electron chi connectivity index (χ2n) is 3.11. The molecule has 0 aliphatic rings. The van der Waals surface area contributed by atoms with Crippen LogP contribution in [-0.4, -0.2) is 28.4 Å². The molecule has 4 nitrogen and oxygen atoms in total. The lowest BCUT2D eigenvalue weighted by atomic mass is 10.2. The first-order valence-corrected chi connectivity index (χ1v) is 6.60. The second-order valence-corrected chi connectivity index (χ2v) is 5.01. The van der Waals surface area contributed by atoms with E-state index in [1.54, 1.807) is 19.1 Å². The highest BCUT2D eigenvalue weighted by molar-refractivity contribution is 8.00. The summed E-state index contributed by atoms with van der Waals surface area (Å²) in [5, 5.41) is 8.66. The van der Waals surface area contributed by atoms with Crippen LogP contribution in [0.3, 0.4) is 0 Å². The van der Waals surface area contributed by atoms with Crippen LogP contribution in [0, 0.1) is 0 Å². The van der Waals surface area contributed by atoms with Crippen LogP contribution in [0.4, 0.5) is 0 Å². The van der Waals surface area contributed by atoms with Gasteiger partial charge in [-0.15, -0.1) is 0 Å². The fraction of sp³-hybridized carbons (Fsp3) is 0.273. The minimum absolute atomic E-state index is 0.114. The van der Waals surface area contributed by atoms with Crippen molar-refractivity contribution in [1.82, 2.24) is 0 Å². The summed E-state index contributed by atoms with van der Waals surface area (Å²) in [7, 11) is 0. The summed E-state index contributed by atoms with van der Waals surface area (Å²) >= 11 is 11.8. The SMILES string of the molecule is CCOC(=O)c1c(Cl)cccc1SC(O)C(=O)Cl. The van der Waals surface area contributed by atoms with E-state index in [2.05, 4.69) is 0 Å². The molecule has 1 aromatic carbocycles. The molecule has 0 fully saturated rings. The van der Waals surface area contributed by atoms with Gasteiger partial charge in [0, 0.05) is 4.90 Å². The summed E-state index contributed by atoms with van der Waals surface area (Å²) in [5.41, 5.74) is -1.35. The number of hydrogen-bond donors (Lipinski definition) is 1. The van der Waals surface area contributed by atoms with Gasteiger partial charge >= 0.3 is 5.97 Å². The molecular weight excluding hydrogens is 299 g/mol. The summed E-state index contributed by atoms with van der Waals surface area (Å²) in [6.45, 7) is 1.86. The third-order valence-corrected chi connectivity index (χ3v) is 3.57. The van der Waals surface area contributed by atoms with E-state index in [0.29, 0.717) is 4.90 Å². The lowest BCUT2D eigenvalue weighted by Crippen LogP contribution is -2.12. The number of benzene rings is 1. The standard InChI is InChI=1S/C11H10Cl2O4S/c1-2-17-10(15)8-6(12)4-3-5-7(8)18-11(16)9(13)14/h3-5,11,16H,2H2,1H3. The van der Waals surface area contributed by atoms with E-state index in [1.165, 1.54) is 6.07 Å². The highest BCUT2D eigenvalue weighted by Gasteiger charge is 2.21. The number of aliphatic hydroxyl groups is 1. The molecular formula is C11H10Cl2O4S. The zero-order valence-electron chi connectivity index (χ0n) is 9.35. The molecule has 0 saturated carbocycles. The molecule has 0 radical (unpaired) electrons. The van der Waals surface area contributed by atoms with Gasteiger partial charge in [0.05, 0.1) is 17.2 Å². The molecule has 1 rings (SSSR count). The summed E-state index contributed by atoms with van der Waals surface area (Å²) in [4.78, 5) is 22.8. The largest absolute Gasteiger partial charge is 0.462 e. The van der Waals surface area contributed by atoms with Crippen LogP contribution in [0.25, 0.3) is 0 Å². The Hall–Kier alpha value is -0.750. The Labute approximate surface area is 118 Å². The molecule has 18 heavy (non-hydrogen) atoms. The molecule has 7 heteroatoms. The molecule has 1 N–H and O–H groups in total. The van der Waals surface area contributed by atoms with Crippen molar-refractivity contribution < 1.29 is 19.4 Å². The maximum absolute atomic E-state index is 11.7. The predicted molar refractivity (Wildman–Crippen MR) is 70.1 cm³/mol. The van der Waals surface area contributed by atoms with Crippen molar-refractivity contribution in [2.24, 2.45) is 0 Å². The lowest BCUT2D eigenvalue weighted by molar-refractivity contribution is -0.115. The Morgan fingerprint density at radius 1 is 1.50 bits per heavy atom. The summed E-state index contributed by atoms with van der Waals surface area (Å²) in [5.74, 6) is -0.611. The van der Waals surface area contributed by atoms with Gasteiger partial charge in [0.15, 0.2) is 5.44 Å². The van der Waals surface area contributed by atoms with E-state index in [9.17, 15) is 14.7 Å². The Bertz CT molecular complexity index is 464. The highest BCUT2D eigenvalue weighted by Crippen LogP contribution is 2.31. The maximum atomic E-state index is 11.7. The molecule has 1 atom stereocenters. The number of ether oxygens (including phenoxy) is 1. The smallest absolute Gasteiger partial charge is 0.340 e. The molecule has 0 aliphatic carbocycles. The minimum Gasteiger partial charge on any atom is -0.462 e. The van der Waals surface area contributed by atoms with Gasteiger partial charge in [-0.3, -0.25) is 4.79 Å². The Balaban J connectivity index is 3.07. The van der Waals surface area contributed by atoms with Crippen molar-refractivity contribution >= 4 is 46.2 Å². The summed E-state index contributed by atoms with van der Waals surface area (Å²) in [6, 6.07) is 4.66. The molecule has 0 saturated heterocycles. The van der Waals surface area contributed by atoms with Gasteiger partial charge in [-0.05, 0) is 30.7 Å². The first-order valence-electron chi connectivity index (χ1n) is 4.97. The Kier molecular flexibility index (Phi) is 5.95. The average Bonchev–Trinajstić information content (AvgIpc) is 2.29. The van der Waals surface area contributed by atoms with Crippen LogP contribution in [0.1, 0.15) is 17.3 Å². The normalized spacial score (nSPS) is 12.0. The molecule has 0 bridgehead atoms. The van der Waals surface area contributed by atoms with E-state index in [0.717, 1.165) is 11.8 Å². The fourth-order valence-electron chi connectivity index (χ4n) is 1.17. The topological polar surface area (TPSA) is 63.6 Å². The molecule has 0 aliphatic heterocycles. The van der Waals surface area contributed by atoms with Gasteiger partial charge in [-0.2, -0.15) is 0 Å². The van der Waals surface area contributed by atoms with Crippen LogP contribution >= 0.6 is 35.0 Å². The van der Waals surface area contributed by atoms with Gasteiger partial charge in [0.25, 0.3) is 5.24 Å². The highest BCUT2D eigenvalue weighted by atomic mass is 35.5. The van der Waals surface area contributed by atoms with Crippen LogP contribution in [0.2, 0.25) is 5.02 Å². The van der Waals surface area contributed by atoms with Crippen LogP contribution in [0.15, 0.2) is 23.1 Å². The number of hydrogen-bond acceptors (Lipinski definition) is 5. The number of aliphatic hydroxyl groups excluding tert-OH is 1. The summed E-state index contributed by atoms with van der Waals surface area (Å²) in [6.07, 6.45) is 0. The first kappa shape index (κ1) is 15.3. The molecule has 98 valence electrons. The average molecular weight is 309 g/mol. The monoisotopic (exact) mass is 308 g/mol. The van der Waals surface area contributed by atoms with Crippen molar-refractivity contribution in [3.05, 3.63) is 28.8 Å². The number of carbonyl (C=O) groups excluding carboxylic acids is 2. The van der Waals surface area contributed by atoms with Crippen LogP contribution < -0.4 is 0 Å². The number of thioether (sulfide) groups is 1. The predicted octanol–water partition coefficient (Wildman–Crippen LogP) is 2.69. The van der Waals surface area contributed by atoms with Crippen LogP contribution in [0.5, 0.6) is 0 Å². The fourth-order valence-corrected chi connectivity index (χ4v) is 2.41. The third-order valence-electron chi connectivity index (χ3n) is 1.89. The van der Waals surface area contributed by atoms with Gasteiger partial charge in [-0.1, -0.05) is 29.4 Å². The molecule has 0 aromatic heterocycles. The van der Waals surface area contributed by atoms with E-state index in [-0.39, 0.29) is 17.2 Å². The molecule has 1 aromatic rings. The van der Waals surface area contributed by atoms with Gasteiger partial charge in [0.1, 0.15) is 0 Å². The third kappa shape index (κ3) is 3.88. The number of esters is 1. The first-order chi connectivity index (χ1) is 8.47. The van der Waals surface area contributed by atoms with Gasteiger partial charge in [-0.25, -0.2) is 4.79 Å². The molecule has 1 unspecified atom stereocenters. The Morgan fingerprint density at radius 3 is 2.72 bits per heavy atom. The second kappa shape index (κ2) is 6.99. The van der Waals surface area contributed by atoms with Gasteiger partial charge in [0.2, 0.25) is 0 Å². The molecule has 0 heterocycles. The van der Waals surface area contributed by atoms with Crippen molar-refractivity contribution in [2.75, 3.05) is 6.61 Å². The number of carbonyl (C=O) groups is 2. The number of halogens is 2. The zero-order chi connectivity index (χ0) is 13.7. The maximum Gasteiger partial charge on any atom is 0.340 e. The number of rotatable bonds is 5. The molecule has 0 amide bonds. The summed E-state index contributed by atoms with van der Waals surface area (Å²) < 4.78 is 4.86. The van der Waals surface area contributed by atoms with Gasteiger partial charge < -0.3 is 9.84 Å². The van der Waals surface area contributed by atoms with E-state index in [4.69, 9.17) is 27.9 Å². The lowest BCUT2D eigenvalue weighted by Gasteiger charge is -2.11. The minimum atomic E-state index is -1.46. The Morgan fingerprint density at radius 2 is 2.17 bits per heavy atom. The van der Waals surface area contributed by atoms with Crippen molar-refractivity contribution in [1.29, 1.82) is 0 Å². The quantitative estimate of drug-likeness (QED) is 0.392. The van der Waals surface area contributed by atoms with E-state index >= 15 is 0 Å². The van der Waals surface area contributed by atoms with E-state index < -0.39 is 16.6 Å². The van der Waals surface area contributed by atoms with Crippen LogP contribution in [-0.2, 0) is 9.53 Å². The van der Waals surface area contributed by atoms with Crippen molar-refractivity contribution in [3.63, 3.8) is 0 Å². The zero-order valence-corrected chi connectivity index (χ0v) is 11.7. The van der Waals surface area contributed by atoms with E-state index in [1.807, 2.05) is 0 Å². The van der Waals surface area contributed by atoms with Crippen molar-refractivity contribution in [2.45, 2.75) is 17.3 Å². The van der Waals surface area contributed by atoms with Crippen molar-refractivity contribution in [3.8, 4) is 0 Å².